The zero-order valence-electron chi connectivity index (χ0n) is 23.3. The number of carbonyl (C=O) groups excluding carboxylic acids is 1. The molecule has 2 aromatic carbocycles. The van der Waals surface area contributed by atoms with Crippen LogP contribution in [0.25, 0.3) is 0 Å². The van der Waals surface area contributed by atoms with Crippen LogP contribution in [0.4, 0.5) is 4.39 Å². The van der Waals surface area contributed by atoms with Gasteiger partial charge in [0.25, 0.3) is 5.91 Å². The van der Waals surface area contributed by atoms with Crippen molar-refractivity contribution in [2.45, 2.75) is 82.3 Å². The van der Waals surface area contributed by atoms with Crippen molar-refractivity contribution in [1.82, 2.24) is 9.80 Å². The number of hydrogen-bond acceptors (Lipinski definition) is 4. The summed E-state index contributed by atoms with van der Waals surface area (Å²) in [6.45, 7) is 4.49. The van der Waals surface area contributed by atoms with Gasteiger partial charge in [-0.2, -0.15) is 0 Å². The molecule has 220 valence electrons. The summed E-state index contributed by atoms with van der Waals surface area (Å²) in [5, 5.41) is 11.1. The number of carboxylic acid groups (broad SMARTS) is 1. The van der Waals surface area contributed by atoms with E-state index in [0.29, 0.717) is 34.7 Å². The lowest BCUT2D eigenvalue weighted by Crippen LogP contribution is -2.45. The van der Waals surface area contributed by atoms with E-state index in [0.717, 1.165) is 69.2 Å². The fourth-order valence-electron chi connectivity index (χ4n) is 7.26. The molecule has 1 N–H and O–H groups in total. The molecule has 0 spiro atoms. The number of likely N-dealkylation sites (tertiary alicyclic amines) is 2. The Balaban J connectivity index is 1.12. The molecule has 2 aromatic rings. The summed E-state index contributed by atoms with van der Waals surface area (Å²) >= 11 is 12.4. The fourth-order valence-corrected chi connectivity index (χ4v) is 7.80. The van der Waals surface area contributed by atoms with Gasteiger partial charge >= 0.3 is 5.97 Å². The van der Waals surface area contributed by atoms with Gasteiger partial charge in [0.15, 0.2) is 0 Å². The topological polar surface area (TPSA) is 70.1 Å². The molecule has 2 heterocycles. The first-order chi connectivity index (χ1) is 19.7. The molecular weight excluding hydrogens is 566 g/mol. The van der Waals surface area contributed by atoms with E-state index in [1.54, 1.807) is 12.1 Å². The molecule has 4 atom stereocenters. The number of ether oxygens (including phenoxy) is 1. The van der Waals surface area contributed by atoms with Gasteiger partial charge in [0, 0.05) is 28.2 Å². The van der Waals surface area contributed by atoms with Crippen LogP contribution >= 0.6 is 23.2 Å². The Labute approximate surface area is 250 Å². The first-order valence-electron chi connectivity index (χ1n) is 14.9. The van der Waals surface area contributed by atoms with Gasteiger partial charge in [-0.15, -0.1) is 0 Å². The number of hydrogen-bond donors (Lipinski definition) is 1. The first kappa shape index (κ1) is 28.8. The van der Waals surface area contributed by atoms with Crippen molar-refractivity contribution in [3.05, 3.63) is 62.9 Å². The van der Waals surface area contributed by atoms with Crippen molar-refractivity contribution in [3.8, 4) is 5.75 Å². The Bertz CT molecular complexity index is 1310. The van der Waals surface area contributed by atoms with E-state index in [2.05, 4.69) is 11.8 Å². The molecule has 2 saturated heterocycles. The third-order valence-corrected chi connectivity index (χ3v) is 10.2. The summed E-state index contributed by atoms with van der Waals surface area (Å²) < 4.78 is 21.8. The lowest BCUT2D eigenvalue weighted by molar-refractivity contribution is -0.141. The van der Waals surface area contributed by atoms with Crippen LogP contribution < -0.4 is 4.74 Å². The van der Waals surface area contributed by atoms with Gasteiger partial charge in [-0.1, -0.05) is 29.6 Å². The van der Waals surface area contributed by atoms with Gasteiger partial charge < -0.3 is 14.7 Å². The van der Waals surface area contributed by atoms with Gasteiger partial charge in [0.1, 0.15) is 17.6 Å². The molecule has 2 saturated carbocycles. The summed E-state index contributed by atoms with van der Waals surface area (Å²) in [5.41, 5.74) is 1.94. The molecule has 6 nitrogen and oxygen atoms in total. The van der Waals surface area contributed by atoms with E-state index in [1.807, 2.05) is 12.1 Å². The fraction of sp³-hybridized carbons (Fsp3) is 0.562. The Hall–Kier alpha value is -2.35. The first-order valence-corrected chi connectivity index (χ1v) is 15.7. The highest BCUT2D eigenvalue weighted by Gasteiger charge is 2.49. The molecule has 0 bridgehead atoms. The maximum Gasteiger partial charge on any atom is 0.326 e. The molecule has 4 fully saturated rings. The van der Waals surface area contributed by atoms with Crippen LogP contribution in [-0.4, -0.2) is 58.6 Å². The molecule has 4 aliphatic rings. The van der Waals surface area contributed by atoms with Crippen molar-refractivity contribution in [1.29, 1.82) is 0 Å². The smallest absolute Gasteiger partial charge is 0.326 e. The van der Waals surface area contributed by atoms with Gasteiger partial charge in [0.05, 0.1) is 12.2 Å². The quantitative estimate of drug-likeness (QED) is 0.342. The maximum atomic E-state index is 15.5. The summed E-state index contributed by atoms with van der Waals surface area (Å²) in [6.07, 6.45) is 7.01. The molecular formula is C32H37Cl2FN2O4. The van der Waals surface area contributed by atoms with Gasteiger partial charge in [-0.05, 0) is 118 Å². The molecule has 1 unspecified atom stereocenters. The molecule has 0 aromatic heterocycles. The highest BCUT2D eigenvalue weighted by Crippen LogP contribution is 2.47. The average molecular weight is 604 g/mol. The summed E-state index contributed by atoms with van der Waals surface area (Å²) in [7, 11) is 0. The third-order valence-electron chi connectivity index (χ3n) is 9.74. The van der Waals surface area contributed by atoms with E-state index >= 15 is 4.39 Å². The highest BCUT2D eigenvalue weighted by atomic mass is 35.5. The van der Waals surface area contributed by atoms with E-state index in [-0.39, 0.29) is 29.5 Å². The van der Waals surface area contributed by atoms with Crippen LogP contribution in [0.15, 0.2) is 30.3 Å². The van der Waals surface area contributed by atoms with Crippen molar-refractivity contribution in [3.63, 3.8) is 0 Å². The molecule has 0 radical (unpaired) electrons. The predicted molar refractivity (Wildman–Crippen MR) is 156 cm³/mol. The molecule has 6 rings (SSSR count). The molecule has 9 heteroatoms. The van der Waals surface area contributed by atoms with Crippen LogP contribution in [0, 0.1) is 17.7 Å². The van der Waals surface area contributed by atoms with Gasteiger partial charge in [0.2, 0.25) is 0 Å². The molecule has 2 aliphatic heterocycles. The number of nitrogens with zero attached hydrogens (tertiary/aromatic N) is 2. The lowest BCUT2D eigenvalue weighted by Gasteiger charge is -2.36. The number of carbonyl (C=O) groups is 2. The highest BCUT2D eigenvalue weighted by molar-refractivity contribution is 6.34. The molecule has 2 aliphatic carbocycles. The number of amides is 1. The van der Waals surface area contributed by atoms with Crippen LogP contribution in [-0.2, 0) is 4.79 Å². The largest absolute Gasteiger partial charge is 0.493 e. The zero-order valence-corrected chi connectivity index (χ0v) is 24.8. The SMILES string of the molecule is CC(c1cc(Cl)cc(Cl)c1)N1CCC(COc2cc(F)c(C(=O)N3[C@@H](C(=O)O)C[C@H]4CCC[C@H]43)cc2C2CC2)CC1. The predicted octanol–water partition coefficient (Wildman–Crippen LogP) is 7.33. The average Bonchev–Trinajstić information content (AvgIpc) is 3.57. The number of carboxylic acids is 1. The number of fused-ring (bicyclic) bond motifs is 1. The van der Waals surface area contributed by atoms with Crippen molar-refractivity contribution in [2.24, 2.45) is 11.8 Å². The molecule has 41 heavy (non-hydrogen) atoms. The van der Waals surface area contributed by atoms with E-state index in [1.165, 1.54) is 11.0 Å². The Kier molecular flexibility index (Phi) is 8.23. The molecule has 1 amide bonds. The second-order valence-electron chi connectivity index (χ2n) is 12.4. The van der Waals surface area contributed by atoms with Crippen LogP contribution in [0.2, 0.25) is 10.0 Å². The minimum Gasteiger partial charge on any atom is -0.493 e. The Morgan fingerprint density at radius 2 is 1.73 bits per heavy atom. The third kappa shape index (κ3) is 5.95. The second kappa shape index (κ2) is 11.7. The van der Waals surface area contributed by atoms with Crippen LogP contribution in [0.3, 0.4) is 0 Å². The number of piperidine rings is 1. The van der Waals surface area contributed by atoms with E-state index in [9.17, 15) is 14.7 Å². The monoisotopic (exact) mass is 602 g/mol. The number of benzene rings is 2. The maximum absolute atomic E-state index is 15.5. The van der Waals surface area contributed by atoms with Crippen LogP contribution in [0.1, 0.15) is 91.7 Å². The summed E-state index contributed by atoms with van der Waals surface area (Å²) in [4.78, 5) is 29.5. The van der Waals surface area contributed by atoms with Gasteiger partial charge in [-0.3, -0.25) is 9.69 Å². The van der Waals surface area contributed by atoms with Gasteiger partial charge in [-0.25, -0.2) is 9.18 Å². The standard InChI is InChI=1S/C32H37Cl2FN2O4/c1-18(22-11-23(33)14-24(34)12-22)36-9-7-19(8-10-36)17-41-30-16-27(35)26(15-25(30)20-5-6-20)31(38)37-28-4-2-3-21(28)13-29(37)32(39)40/h11-12,14-16,18-21,28-29H,2-10,13,17H2,1H3,(H,39,40)/t18?,21-,28-,29-/m1/s1. The van der Waals surface area contributed by atoms with Crippen molar-refractivity contribution < 1.29 is 23.8 Å². The van der Waals surface area contributed by atoms with E-state index in [4.69, 9.17) is 27.9 Å². The van der Waals surface area contributed by atoms with Crippen LogP contribution in [0.5, 0.6) is 5.75 Å². The Morgan fingerprint density at radius 1 is 1.02 bits per heavy atom. The Morgan fingerprint density at radius 3 is 2.39 bits per heavy atom. The normalized spacial score (nSPS) is 25.8. The van der Waals surface area contributed by atoms with E-state index < -0.39 is 23.7 Å². The lowest BCUT2D eigenvalue weighted by atomic mass is 9.95. The van der Waals surface area contributed by atoms with Crippen molar-refractivity contribution in [2.75, 3.05) is 19.7 Å². The number of halogens is 3. The van der Waals surface area contributed by atoms with Crippen molar-refractivity contribution >= 4 is 35.1 Å². The summed E-state index contributed by atoms with van der Waals surface area (Å²) in [6, 6.07) is 7.87. The minimum atomic E-state index is -1.01. The number of rotatable bonds is 8. The number of aliphatic carboxylic acids is 1. The summed E-state index contributed by atoms with van der Waals surface area (Å²) in [5.74, 6) is -0.848. The minimum absolute atomic E-state index is 0.0264. The zero-order chi connectivity index (χ0) is 28.8. The second-order valence-corrected chi connectivity index (χ2v) is 13.2.